The fraction of sp³-hybridized carbons (Fsp3) is 0.533. The molecule has 0 radical (unpaired) electrons. The third-order valence-electron chi connectivity index (χ3n) is 4.45. The van der Waals surface area contributed by atoms with Gasteiger partial charge in [0.15, 0.2) is 0 Å². The average molecular weight is 280 g/mol. The summed E-state index contributed by atoms with van der Waals surface area (Å²) in [6, 6.07) is 5.78. The molecule has 1 saturated carbocycles. The normalized spacial score (nSPS) is 29.6. The van der Waals surface area contributed by atoms with E-state index in [0.29, 0.717) is 5.02 Å². The fourth-order valence-corrected chi connectivity index (χ4v) is 3.76. The maximum Gasteiger partial charge on any atom is 0.311 e. The Morgan fingerprint density at radius 3 is 2.84 bits per heavy atom. The van der Waals surface area contributed by atoms with Crippen molar-refractivity contribution in [3.8, 4) is 0 Å². The molecule has 0 bridgehead atoms. The number of fused-ring (bicyclic) bond motifs is 2. The fourth-order valence-electron chi connectivity index (χ4n) is 3.59. The van der Waals surface area contributed by atoms with Crippen LogP contribution in [0, 0.1) is 5.92 Å². The molecule has 1 aliphatic carbocycles. The molecule has 1 aromatic carbocycles. The van der Waals surface area contributed by atoms with Gasteiger partial charge in [-0.05, 0) is 36.5 Å². The molecule has 102 valence electrons. The minimum Gasteiger partial charge on any atom is -0.481 e. The summed E-state index contributed by atoms with van der Waals surface area (Å²) in [5.41, 5.74) is 1.79. The zero-order chi connectivity index (χ0) is 13.4. The number of carboxylic acids is 1. The second-order valence-corrected chi connectivity index (χ2v) is 6.04. The van der Waals surface area contributed by atoms with E-state index < -0.39 is 11.9 Å². The van der Waals surface area contributed by atoms with Crippen LogP contribution in [0.4, 0.5) is 5.69 Å². The molecule has 3 nitrogen and oxygen atoms in total. The first-order chi connectivity index (χ1) is 9.16. The zero-order valence-corrected chi connectivity index (χ0v) is 11.5. The Labute approximate surface area is 118 Å². The van der Waals surface area contributed by atoms with Gasteiger partial charge in [-0.2, -0.15) is 0 Å². The summed E-state index contributed by atoms with van der Waals surface area (Å²) in [5, 5.41) is 13.8. The first kappa shape index (κ1) is 12.8. The second-order valence-electron chi connectivity index (χ2n) is 5.60. The van der Waals surface area contributed by atoms with Gasteiger partial charge < -0.3 is 10.4 Å². The van der Waals surface area contributed by atoms with Gasteiger partial charge in [-0.15, -0.1) is 0 Å². The molecule has 0 aromatic heterocycles. The van der Waals surface area contributed by atoms with Crippen molar-refractivity contribution in [3.63, 3.8) is 0 Å². The van der Waals surface area contributed by atoms with Gasteiger partial charge in [0.25, 0.3) is 0 Å². The molecule has 0 spiro atoms. The highest BCUT2D eigenvalue weighted by atomic mass is 35.5. The van der Waals surface area contributed by atoms with E-state index in [2.05, 4.69) is 5.32 Å². The molecule has 3 rings (SSSR count). The smallest absolute Gasteiger partial charge is 0.311 e. The summed E-state index contributed by atoms with van der Waals surface area (Å²) in [5.74, 6) is -0.896. The van der Waals surface area contributed by atoms with Crippen LogP contribution in [0.1, 0.15) is 43.6 Å². The Hall–Kier alpha value is -1.22. The lowest BCUT2D eigenvalue weighted by Gasteiger charge is -2.38. The van der Waals surface area contributed by atoms with Gasteiger partial charge in [-0.25, -0.2) is 0 Å². The third-order valence-corrected chi connectivity index (χ3v) is 4.69. The largest absolute Gasteiger partial charge is 0.481 e. The molecule has 1 fully saturated rings. The number of rotatable bonds is 1. The van der Waals surface area contributed by atoms with Crippen molar-refractivity contribution in [2.45, 2.75) is 44.1 Å². The number of anilines is 1. The van der Waals surface area contributed by atoms with Crippen LogP contribution in [0.25, 0.3) is 0 Å². The predicted octanol–water partition coefficient (Wildman–Crippen LogP) is 3.88. The van der Waals surface area contributed by atoms with Crippen LogP contribution in [0.2, 0.25) is 5.02 Å². The van der Waals surface area contributed by atoms with E-state index in [0.717, 1.165) is 30.5 Å². The van der Waals surface area contributed by atoms with E-state index in [-0.39, 0.29) is 12.0 Å². The van der Waals surface area contributed by atoms with E-state index in [1.807, 2.05) is 12.1 Å². The topological polar surface area (TPSA) is 49.3 Å². The lowest BCUT2D eigenvalue weighted by Crippen LogP contribution is -2.40. The third kappa shape index (κ3) is 2.32. The maximum absolute atomic E-state index is 11.7. The monoisotopic (exact) mass is 279 g/mol. The number of carbonyl (C=O) groups is 1. The van der Waals surface area contributed by atoms with Crippen LogP contribution in [0.5, 0.6) is 0 Å². The molecule has 0 saturated heterocycles. The minimum atomic E-state index is -0.707. The first-order valence-corrected chi connectivity index (χ1v) is 7.33. The van der Waals surface area contributed by atoms with Crippen molar-refractivity contribution in [2.75, 3.05) is 5.32 Å². The van der Waals surface area contributed by atoms with Gasteiger partial charge in [0.1, 0.15) is 0 Å². The molecular formula is C15H18ClNO2. The van der Waals surface area contributed by atoms with Gasteiger partial charge in [0.2, 0.25) is 0 Å². The van der Waals surface area contributed by atoms with Crippen molar-refractivity contribution in [3.05, 3.63) is 28.8 Å². The Bertz CT molecular complexity index is 503. The van der Waals surface area contributed by atoms with E-state index in [1.165, 1.54) is 12.8 Å². The Kier molecular flexibility index (Phi) is 3.40. The summed E-state index contributed by atoms with van der Waals surface area (Å²) >= 11 is 6.02. The highest BCUT2D eigenvalue weighted by Gasteiger charge is 2.40. The second kappa shape index (κ2) is 5.04. The molecule has 1 aromatic rings. The number of benzene rings is 1. The van der Waals surface area contributed by atoms with Crippen molar-refractivity contribution in [1.29, 1.82) is 0 Å². The number of nitrogens with one attached hydrogen (secondary N) is 1. The molecule has 0 amide bonds. The molecule has 1 heterocycles. The van der Waals surface area contributed by atoms with Crippen molar-refractivity contribution in [2.24, 2.45) is 5.92 Å². The number of halogens is 1. The van der Waals surface area contributed by atoms with Gasteiger partial charge in [0, 0.05) is 16.8 Å². The highest BCUT2D eigenvalue weighted by molar-refractivity contribution is 6.30. The van der Waals surface area contributed by atoms with Crippen LogP contribution in [0.3, 0.4) is 0 Å². The molecule has 3 unspecified atom stereocenters. The standard InChI is InChI=1S/C15H18ClNO2/c16-9-6-7-11-13(8-9)17-12-5-3-1-2-4-10(12)14(11)15(18)19/h6-8,10,12,14,17H,1-5H2,(H,18,19). The summed E-state index contributed by atoms with van der Waals surface area (Å²) in [6.45, 7) is 0. The average Bonchev–Trinajstić information content (AvgIpc) is 2.60. The summed E-state index contributed by atoms with van der Waals surface area (Å²) in [4.78, 5) is 11.7. The molecule has 3 atom stereocenters. The summed E-state index contributed by atoms with van der Waals surface area (Å²) in [7, 11) is 0. The van der Waals surface area contributed by atoms with Crippen LogP contribution >= 0.6 is 11.6 Å². The van der Waals surface area contributed by atoms with Gasteiger partial charge in [0.05, 0.1) is 5.92 Å². The Balaban J connectivity index is 2.05. The predicted molar refractivity (Wildman–Crippen MR) is 75.8 cm³/mol. The SMILES string of the molecule is O=C(O)C1c2ccc(Cl)cc2NC2CCCCCC21. The van der Waals surface area contributed by atoms with Crippen LogP contribution in [0.15, 0.2) is 18.2 Å². The number of aliphatic carboxylic acids is 1. The summed E-state index contributed by atoms with van der Waals surface area (Å²) in [6.07, 6.45) is 5.57. The Morgan fingerprint density at radius 2 is 2.05 bits per heavy atom. The van der Waals surface area contributed by atoms with Gasteiger partial charge in [-0.3, -0.25) is 4.79 Å². The number of hydrogen-bond donors (Lipinski definition) is 2. The zero-order valence-electron chi connectivity index (χ0n) is 10.7. The highest BCUT2D eigenvalue weighted by Crippen LogP contribution is 2.44. The van der Waals surface area contributed by atoms with Gasteiger partial charge >= 0.3 is 5.97 Å². The molecule has 19 heavy (non-hydrogen) atoms. The van der Waals surface area contributed by atoms with E-state index in [4.69, 9.17) is 11.6 Å². The lowest BCUT2D eigenvalue weighted by atomic mass is 9.75. The molecular weight excluding hydrogens is 262 g/mol. The lowest BCUT2D eigenvalue weighted by molar-refractivity contribution is -0.140. The van der Waals surface area contributed by atoms with E-state index in [9.17, 15) is 9.90 Å². The van der Waals surface area contributed by atoms with Gasteiger partial charge in [-0.1, -0.05) is 36.9 Å². The Morgan fingerprint density at radius 1 is 1.26 bits per heavy atom. The maximum atomic E-state index is 11.7. The van der Waals surface area contributed by atoms with E-state index >= 15 is 0 Å². The quantitative estimate of drug-likeness (QED) is 0.820. The first-order valence-electron chi connectivity index (χ1n) is 6.95. The van der Waals surface area contributed by atoms with Crippen LogP contribution in [-0.2, 0) is 4.79 Å². The van der Waals surface area contributed by atoms with Crippen molar-refractivity contribution in [1.82, 2.24) is 0 Å². The summed E-state index contributed by atoms with van der Waals surface area (Å²) < 4.78 is 0. The molecule has 2 N–H and O–H groups in total. The molecule has 4 heteroatoms. The van der Waals surface area contributed by atoms with Crippen molar-refractivity contribution < 1.29 is 9.90 Å². The van der Waals surface area contributed by atoms with Crippen LogP contribution < -0.4 is 5.32 Å². The molecule has 2 aliphatic rings. The van der Waals surface area contributed by atoms with Crippen LogP contribution in [-0.4, -0.2) is 17.1 Å². The molecule has 1 aliphatic heterocycles. The van der Waals surface area contributed by atoms with E-state index in [1.54, 1.807) is 6.07 Å². The minimum absolute atomic E-state index is 0.202. The van der Waals surface area contributed by atoms with Crippen molar-refractivity contribution >= 4 is 23.3 Å². The number of hydrogen-bond acceptors (Lipinski definition) is 2. The number of carboxylic acid groups (broad SMARTS) is 1.